The normalized spacial score (nSPS) is 7.78. The Hall–Kier alpha value is -0.280. The maximum atomic E-state index is 10.2. The van der Waals surface area contributed by atoms with Gasteiger partial charge in [-0.2, -0.15) is 0 Å². The third kappa shape index (κ3) is 7.72. The van der Waals surface area contributed by atoms with E-state index in [4.69, 9.17) is 4.74 Å². The standard InChI is InChI=1S/C5H10O3.ClH/c1-3-8-4-5(6)7-2;/h3-4H2,1-2H3;1H. The van der Waals surface area contributed by atoms with Gasteiger partial charge in [-0.05, 0) is 6.92 Å². The molecule has 0 saturated carbocycles. The van der Waals surface area contributed by atoms with Gasteiger partial charge in [0.25, 0.3) is 0 Å². The average Bonchev–Trinajstić information content (AvgIpc) is 1.83. The zero-order valence-corrected chi connectivity index (χ0v) is 6.36. The average molecular weight is 155 g/mol. The van der Waals surface area contributed by atoms with Gasteiger partial charge in [0.15, 0.2) is 0 Å². The SMILES string of the molecule is CCOCC(=O)OC.Cl. The van der Waals surface area contributed by atoms with Crippen molar-refractivity contribution in [3.8, 4) is 0 Å². The first-order valence-electron chi connectivity index (χ1n) is 2.45. The number of halogens is 1. The number of ether oxygens (including phenoxy) is 2. The van der Waals surface area contributed by atoms with Gasteiger partial charge >= 0.3 is 5.97 Å². The molecule has 0 spiro atoms. The number of esters is 1. The Bertz CT molecular complexity index is 74.6. The summed E-state index contributed by atoms with van der Waals surface area (Å²) in [5.41, 5.74) is 0. The van der Waals surface area contributed by atoms with Crippen LogP contribution >= 0.6 is 12.4 Å². The summed E-state index contributed by atoms with van der Waals surface area (Å²) in [4.78, 5) is 10.2. The summed E-state index contributed by atoms with van der Waals surface area (Å²) in [5.74, 6) is -0.327. The molecule has 0 aromatic carbocycles. The van der Waals surface area contributed by atoms with Gasteiger partial charge in [-0.15, -0.1) is 12.4 Å². The molecule has 9 heavy (non-hydrogen) atoms. The van der Waals surface area contributed by atoms with Crippen LogP contribution in [0, 0.1) is 0 Å². The fourth-order valence-electron chi connectivity index (χ4n) is 0.244. The Labute approximate surface area is 60.7 Å². The van der Waals surface area contributed by atoms with Crippen molar-refractivity contribution in [2.75, 3.05) is 20.3 Å². The van der Waals surface area contributed by atoms with Crippen molar-refractivity contribution in [3.63, 3.8) is 0 Å². The van der Waals surface area contributed by atoms with Gasteiger partial charge in [0.1, 0.15) is 6.61 Å². The number of carbonyl (C=O) groups excluding carboxylic acids is 1. The summed E-state index contributed by atoms with van der Waals surface area (Å²) in [6.45, 7) is 2.44. The molecule has 0 rings (SSSR count). The second-order valence-corrected chi connectivity index (χ2v) is 1.21. The lowest BCUT2D eigenvalue weighted by molar-refractivity contribution is -0.145. The molecular formula is C5H11ClO3. The minimum Gasteiger partial charge on any atom is -0.467 e. The minimum atomic E-state index is -0.327. The van der Waals surface area contributed by atoms with Crippen molar-refractivity contribution in [2.24, 2.45) is 0 Å². The lowest BCUT2D eigenvalue weighted by atomic mass is 10.7. The minimum absolute atomic E-state index is 0. The van der Waals surface area contributed by atoms with Gasteiger partial charge in [-0.1, -0.05) is 0 Å². The second kappa shape index (κ2) is 7.72. The van der Waals surface area contributed by atoms with Gasteiger partial charge in [-0.3, -0.25) is 0 Å². The van der Waals surface area contributed by atoms with Gasteiger partial charge in [-0.25, -0.2) is 4.79 Å². The van der Waals surface area contributed by atoms with E-state index >= 15 is 0 Å². The lowest BCUT2D eigenvalue weighted by Crippen LogP contribution is -2.09. The van der Waals surface area contributed by atoms with E-state index in [2.05, 4.69) is 4.74 Å². The molecule has 0 heterocycles. The van der Waals surface area contributed by atoms with E-state index in [1.54, 1.807) is 0 Å². The molecule has 0 amide bonds. The number of hydrogen-bond acceptors (Lipinski definition) is 3. The molecule has 56 valence electrons. The highest BCUT2D eigenvalue weighted by Crippen LogP contribution is 1.75. The molecule has 0 saturated heterocycles. The Balaban J connectivity index is 0. The van der Waals surface area contributed by atoms with Gasteiger partial charge in [0.2, 0.25) is 0 Å². The van der Waals surface area contributed by atoms with Crippen LogP contribution in [-0.4, -0.2) is 26.3 Å². The van der Waals surface area contributed by atoms with E-state index in [1.165, 1.54) is 7.11 Å². The largest absolute Gasteiger partial charge is 0.467 e. The summed E-state index contributed by atoms with van der Waals surface area (Å²) in [7, 11) is 1.33. The fourth-order valence-corrected chi connectivity index (χ4v) is 0.244. The van der Waals surface area contributed by atoms with Crippen LogP contribution in [0.15, 0.2) is 0 Å². The molecule has 0 aliphatic carbocycles. The van der Waals surface area contributed by atoms with Gasteiger partial charge < -0.3 is 9.47 Å². The van der Waals surface area contributed by atoms with Crippen LogP contribution in [0.2, 0.25) is 0 Å². The van der Waals surface area contributed by atoms with Gasteiger partial charge in [0, 0.05) is 6.61 Å². The topological polar surface area (TPSA) is 35.5 Å². The molecular weight excluding hydrogens is 144 g/mol. The quantitative estimate of drug-likeness (QED) is 0.559. The van der Waals surface area contributed by atoms with E-state index < -0.39 is 0 Å². The summed E-state index contributed by atoms with van der Waals surface area (Å²) < 4.78 is 9.00. The highest BCUT2D eigenvalue weighted by molar-refractivity contribution is 5.85. The van der Waals surface area contributed by atoms with E-state index in [-0.39, 0.29) is 25.0 Å². The molecule has 0 aliphatic heterocycles. The Kier molecular flexibility index (Phi) is 9.87. The molecule has 0 N–H and O–H groups in total. The molecule has 0 aromatic heterocycles. The molecule has 0 bridgehead atoms. The van der Waals surface area contributed by atoms with Crippen LogP contribution in [0.3, 0.4) is 0 Å². The van der Waals surface area contributed by atoms with Gasteiger partial charge in [0.05, 0.1) is 7.11 Å². The maximum Gasteiger partial charge on any atom is 0.331 e. The van der Waals surface area contributed by atoms with Crippen molar-refractivity contribution in [2.45, 2.75) is 6.92 Å². The van der Waals surface area contributed by atoms with Crippen LogP contribution in [0.25, 0.3) is 0 Å². The summed E-state index contributed by atoms with van der Waals surface area (Å²) in [6, 6.07) is 0. The Morgan fingerprint density at radius 2 is 2.11 bits per heavy atom. The molecule has 0 aromatic rings. The molecule has 4 heteroatoms. The van der Waals surface area contributed by atoms with Crippen molar-refractivity contribution in [1.29, 1.82) is 0 Å². The molecule has 0 unspecified atom stereocenters. The van der Waals surface area contributed by atoms with Crippen LogP contribution < -0.4 is 0 Å². The molecule has 0 aliphatic rings. The van der Waals surface area contributed by atoms with Crippen LogP contribution in [0.5, 0.6) is 0 Å². The first-order valence-corrected chi connectivity index (χ1v) is 2.45. The zero-order chi connectivity index (χ0) is 6.41. The first kappa shape index (κ1) is 11.5. The molecule has 0 atom stereocenters. The van der Waals surface area contributed by atoms with E-state index in [1.807, 2.05) is 6.92 Å². The van der Waals surface area contributed by atoms with Crippen molar-refractivity contribution >= 4 is 18.4 Å². The highest BCUT2D eigenvalue weighted by Gasteiger charge is 1.95. The molecule has 3 nitrogen and oxygen atoms in total. The predicted molar refractivity (Wildman–Crippen MR) is 35.8 cm³/mol. The first-order chi connectivity index (χ1) is 3.81. The highest BCUT2D eigenvalue weighted by atomic mass is 35.5. The summed E-state index contributed by atoms with van der Waals surface area (Å²) in [5, 5.41) is 0. The summed E-state index contributed by atoms with van der Waals surface area (Å²) in [6.07, 6.45) is 0. The van der Waals surface area contributed by atoms with E-state index in [0.717, 1.165) is 0 Å². The van der Waals surface area contributed by atoms with E-state index in [9.17, 15) is 4.79 Å². The lowest BCUT2D eigenvalue weighted by Gasteiger charge is -1.96. The monoisotopic (exact) mass is 154 g/mol. The smallest absolute Gasteiger partial charge is 0.331 e. The maximum absolute atomic E-state index is 10.2. The van der Waals surface area contributed by atoms with Crippen molar-refractivity contribution in [3.05, 3.63) is 0 Å². The zero-order valence-electron chi connectivity index (χ0n) is 5.55. The summed E-state index contributed by atoms with van der Waals surface area (Å²) >= 11 is 0. The van der Waals surface area contributed by atoms with Crippen LogP contribution in [0.4, 0.5) is 0 Å². The molecule has 0 fully saturated rings. The third-order valence-electron chi connectivity index (χ3n) is 0.652. The third-order valence-corrected chi connectivity index (χ3v) is 0.652. The number of methoxy groups -OCH3 is 1. The number of hydrogen-bond donors (Lipinski definition) is 0. The van der Waals surface area contributed by atoms with E-state index in [0.29, 0.717) is 6.61 Å². The van der Waals surface area contributed by atoms with Crippen LogP contribution in [-0.2, 0) is 14.3 Å². The number of carbonyl (C=O) groups is 1. The predicted octanol–water partition coefficient (Wildman–Crippen LogP) is 0.618. The molecule has 0 radical (unpaired) electrons. The Morgan fingerprint density at radius 3 is 2.44 bits per heavy atom. The Morgan fingerprint density at radius 1 is 1.56 bits per heavy atom. The second-order valence-electron chi connectivity index (χ2n) is 1.21. The fraction of sp³-hybridized carbons (Fsp3) is 0.800. The number of rotatable bonds is 3. The van der Waals surface area contributed by atoms with Crippen molar-refractivity contribution < 1.29 is 14.3 Å². The van der Waals surface area contributed by atoms with Crippen molar-refractivity contribution in [1.82, 2.24) is 0 Å². The van der Waals surface area contributed by atoms with Crippen LogP contribution in [0.1, 0.15) is 6.92 Å².